The summed E-state index contributed by atoms with van der Waals surface area (Å²) >= 11 is 4.85. The fourth-order valence-corrected chi connectivity index (χ4v) is 4.80. The van der Waals surface area contributed by atoms with Gasteiger partial charge in [0.2, 0.25) is 5.09 Å². The van der Waals surface area contributed by atoms with Crippen LogP contribution in [0.4, 0.5) is 5.69 Å². The molecular formula is C24H23BrN6O2S. The summed E-state index contributed by atoms with van der Waals surface area (Å²) in [5, 5.41) is 9.40. The largest absolute Gasteiger partial charge is 0.454 e. The van der Waals surface area contributed by atoms with Gasteiger partial charge < -0.3 is 23.9 Å². The molecule has 1 unspecified atom stereocenters. The van der Waals surface area contributed by atoms with E-state index in [9.17, 15) is 0 Å². The first kappa shape index (κ1) is 22.5. The van der Waals surface area contributed by atoms with Gasteiger partial charge in [-0.1, -0.05) is 46.3 Å². The van der Waals surface area contributed by atoms with Crippen LogP contribution in [0.2, 0.25) is 0 Å². The minimum Gasteiger partial charge on any atom is -0.454 e. The number of aromatic nitrogens is 4. The molecule has 0 spiro atoms. The number of thioether (sulfide) groups is 1. The number of nitrogens with zero attached hydrogens (tertiary/aromatic N) is 4. The second-order valence-electron chi connectivity index (χ2n) is 7.98. The van der Waals surface area contributed by atoms with E-state index in [1.807, 2.05) is 42.9 Å². The smallest absolute Gasteiger partial charge is 0.268 e. The molecule has 2 aromatic heterocycles. The minimum atomic E-state index is -0.514. The number of aryl methyl sites for hydroxylation is 2. The number of aromatic amines is 1. The molecule has 1 aliphatic rings. The topological polar surface area (TPSA) is 92.1 Å². The lowest BCUT2D eigenvalue weighted by atomic mass is 10.1. The molecule has 0 saturated carbocycles. The van der Waals surface area contributed by atoms with Gasteiger partial charge in [0.1, 0.15) is 11.8 Å². The van der Waals surface area contributed by atoms with Gasteiger partial charge in [0.25, 0.3) is 6.29 Å². The number of hydrogen-bond donors (Lipinski definition) is 2. The van der Waals surface area contributed by atoms with Gasteiger partial charge in [-0.3, -0.25) is 5.41 Å². The van der Waals surface area contributed by atoms with Gasteiger partial charge >= 0.3 is 0 Å². The molecule has 1 aliphatic heterocycles. The van der Waals surface area contributed by atoms with Gasteiger partial charge in [-0.25, -0.2) is 9.97 Å². The Balaban J connectivity index is 1.30. The average Bonchev–Trinajstić information content (AvgIpc) is 3.47. The first-order valence-corrected chi connectivity index (χ1v) is 12.3. The zero-order valence-electron chi connectivity index (χ0n) is 18.7. The third-order valence-corrected chi connectivity index (χ3v) is 6.96. The summed E-state index contributed by atoms with van der Waals surface area (Å²) in [7, 11) is 4.06. The summed E-state index contributed by atoms with van der Waals surface area (Å²) in [5.74, 6) is 0. The van der Waals surface area contributed by atoms with Crippen molar-refractivity contribution in [2.24, 2.45) is 0 Å². The van der Waals surface area contributed by atoms with Crippen molar-refractivity contribution < 1.29 is 9.47 Å². The first-order chi connectivity index (χ1) is 16.5. The number of hydrogen-bond acceptors (Lipinski definition) is 7. The molecule has 0 saturated heterocycles. The maximum Gasteiger partial charge on any atom is 0.268 e. The highest BCUT2D eigenvalue weighted by molar-refractivity contribution is 9.10. The fraction of sp³-hybridized carbons (Fsp3) is 0.208. The van der Waals surface area contributed by atoms with Crippen molar-refractivity contribution in [3.63, 3.8) is 0 Å². The molecule has 0 aliphatic carbocycles. The number of rotatable bonds is 7. The van der Waals surface area contributed by atoms with Gasteiger partial charge in [-0.05, 0) is 41.9 Å². The van der Waals surface area contributed by atoms with E-state index in [1.54, 1.807) is 12.6 Å². The Hall–Kier alpha value is -3.24. The van der Waals surface area contributed by atoms with E-state index in [4.69, 9.17) is 19.9 Å². The minimum absolute atomic E-state index is 0.157. The van der Waals surface area contributed by atoms with E-state index in [-0.39, 0.29) is 5.49 Å². The molecule has 4 aromatic rings. The molecule has 0 radical (unpaired) electrons. The Morgan fingerprint density at radius 1 is 1.18 bits per heavy atom. The predicted octanol–water partition coefficient (Wildman–Crippen LogP) is 4.95. The van der Waals surface area contributed by atoms with Gasteiger partial charge in [0.15, 0.2) is 16.3 Å². The molecule has 0 bridgehead atoms. The number of fused-ring (bicyclic) bond motifs is 1. The van der Waals surface area contributed by atoms with Crippen molar-refractivity contribution in [1.82, 2.24) is 19.5 Å². The number of anilines is 1. The average molecular weight is 539 g/mol. The summed E-state index contributed by atoms with van der Waals surface area (Å²) < 4.78 is 14.6. The van der Waals surface area contributed by atoms with Gasteiger partial charge in [0.05, 0.1) is 6.33 Å². The molecule has 5 rings (SSSR count). The van der Waals surface area contributed by atoms with Crippen LogP contribution in [0.3, 0.4) is 0 Å². The summed E-state index contributed by atoms with van der Waals surface area (Å²) in [6.07, 6.45) is 3.58. The molecule has 2 aromatic carbocycles. The second kappa shape index (κ2) is 9.55. The normalized spacial score (nSPS) is 15.1. The Labute approximate surface area is 209 Å². The van der Waals surface area contributed by atoms with Crippen molar-refractivity contribution in [3.8, 4) is 0 Å². The molecule has 2 N–H and O–H groups in total. The van der Waals surface area contributed by atoms with E-state index in [2.05, 4.69) is 55.1 Å². The summed E-state index contributed by atoms with van der Waals surface area (Å²) in [4.78, 5) is 14.2. The SMILES string of the molecule is CN(C)c1ccc(CCn2cnc(=N)c3[nH]c(SC4=COC(c5ccccc5Br)O4)nc32)cc1. The van der Waals surface area contributed by atoms with Crippen LogP contribution in [0.5, 0.6) is 0 Å². The molecule has 0 amide bonds. The van der Waals surface area contributed by atoms with Gasteiger partial charge in [-0.2, -0.15) is 0 Å². The molecule has 3 heterocycles. The standard InChI is InChI=1S/C24H23BrN6O2S/c1-30(2)16-9-7-15(8-10-16)11-12-31-14-27-21(26)20-22(31)29-24(28-20)34-19-13-32-23(33-19)17-5-3-4-6-18(17)25/h3-10,13-14,23,26H,11-12H2,1-2H3,(H,28,29). The van der Waals surface area contributed by atoms with Gasteiger partial charge in [0, 0.05) is 36.4 Å². The summed E-state index contributed by atoms with van der Waals surface area (Å²) in [6, 6.07) is 16.3. The molecule has 1 atom stereocenters. The lowest BCUT2D eigenvalue weighted by Crippen LogP contribution is -2.13. The van der Waals surface area contributed by atoms with E-state index in [1.165, 1.54) is 23.0 Å². The predicted molar refractivity (Wildman–Crippen MR) is 135 cm³/mol. The lowest BCUT2D eigenvalue weighted by molar-refractivity contribution is -0.0278. The van der Waals surface area contributed by atoms with Gasteiger partial charge in [-0.15, -0.1) is 0 Å². The summed E-state index contributed by atoms with van der Waals surface area (Å²) in [5.41, 5.74) is 4.75. The van der Waals surface area contributed by atoms with Crippen LogP contribution in [0.15, 0.2) is 75.8 Å². The van der Waals surface area contributed by atoms with Crippen LogP contribution >= 0.6 is 27.7 Å². The maximum absolute atomic E-state index is 8.20. The Morgan fingerprint density at radius 3 is 2.74 bits per heavy atom. The van der Waals surface area contributed by atoms with Crippen LogP contribution in [0.1, 0.15) is 17.4 Å². The van der Waals surface area contributed by atoms with Crippen molar-refractivity contribution >= 4 is 44.5 Å². The Kier molecular flexibility index (Phi) is 6.34. The van der Waals surface area contributed by atoms with E-state index >= 15 is 0 Å². The van der Waals surface area contributed by atoms with E-state index in [0.717, 1.165) is 16.5 Å². The van der Waals surface area contributed by atoms with Crippen molar-refractivity contribution in [1.29, 1.82) is 5.41 Å². The molecule has 174 valence electrons. The highest BCUT2D eigenvalue weighted by Crippen LogP contribution is 2.38. The maximum atomic E-state index is 8.20. The number of imidazole rings is 1. The van der Waals surface area contributed by atoms with E-state index < -0.39 is 6.29 Å². The third kappa shape index (κ3) is 4.69. The van der Waals surface area contributed by atoms with Crippen molar-refractivity contribution in [2.75, 3.05) is 19.0 Å². The number of halogens is 1. The van der Waals surface area contributed by atoms with Crippen molar-refractivity contribution in [3.05, 3.63) is 87.3 Å². The second-order valence-corrected chi connectivity index (χ2v) is 9.83. The molecule has 8 nitrogen and oxygen atoms in total. The molecule has 0 fully saturated rings. The highest BCUT2D eigenvalue weighted by Gasteiger charge is 2.25. The molecule has 10 heteroatoms. The fourth-order valence-electron chi connectivity index (χ4n) is 3.61. The third-order valence-electron chi connectivity index (χ3n) is 5.46. The quantitative estimate of drug-likeness (QED) is 0.346. The number of ether oxygens (including phenoxy) is 2. The molecule has 34 heavy (non-hydrogen) atoms. The zero-order valence-corrected chi connectivity index (χ0v) is 21.1. The Morgan fingerprint density at radius 2 is 1.97 bits per heavy atom. The summed E-state index contributed by atoms with van der Waals surface area (Å²) in [6.45, 7) is 0.701. The van der Waals surface area contributed by atoms with Crippen LogP contribution in [0, 0.1) is 5.41 Å². The van der Waals surface area contributed by atoms with Crippen LogP contribution in [-0.2, 0) is 22.4 Å². The number of nitrogens with one attached hydrogen (secondary N) is 2. The van der Waals surface area contributed by atoms with E-state index in [0.29, 0.717) is 28.0 Å². The lowest BCUT2D eigenvalue weighted by Gasteiger charge is -2.13. The monoisotopic (exact) mass is 538 g/mol. The van der Waals surface area contributed by atoms with Crippen LogP contribution in [0.25, 0.3) is 11.2 Å². The number of H-pyrrole nitrogens is 1. The van der Waals surface area contributed by atoms with Crippen molar-refractivity contribution in [2.45, 2.75) is 24.4 Å². The Bertz CT molecular complexity index is 1410. The van der Waals surface area contributed by atoms with Crippen LogP contribution < -0.4 is 10.4 Å². The highest BCUT2D eigenvalue weighted by atomic mass is 79.9. The zero-order chi connectivity index (χ0) is 23.7. The molecular weight excluding hydrogens is 516 g/mol. The first-order valence-electron chi connectivity index (χ1n) is 10.7. The number of benzene rings is 2. The van der Waals surface area contributed by atoms with Crippen LogP contribution in [-0.4, -0.2) is 33.6 Å².